The van der Waals surface area contributed by atoms with E-state index in [1.165, 1.54) is 30.3 Å². The van der Waals surface area contributed by atoms with Gasteiger partial charge in [0.25, 0.3) is 24.3 Å². The van der Waals surface area contributed by atoms with Crippen LogP contribution in [-0.4, -0.2) is 73.4 Å². The highest BCUT2D eigenvalue weighted by Crippen LogP contribution is 2.68. The molecule has 2 N–H and O–H groups in total. The van der Waals surface area contributed by atoms with Crippen molar-refractivity contribution in [1.82, 2.24) is 34.4 Å². The number of fused-ring (bicyclic) bond motifs is 5. The van der Waals surface area contributed by atoms with Crippen molar-refractivity contribution >= 4 is 67.7 Å². The summed E-state index contributed by atoms with van der Waals surface area (Å²) in [4.78, 5) is 34.4. The summed E-state index contributed by atoms with van der Waals surface area (Å²) in [5, 5.41) is 9.23. The molecule has 0 bridgehead atoms. The van der Waals surface area contributed by atoms with Crippen LogP contribution in [0.25, 0.3) is 27.5 Å². The topological polar surface area (TPSA) is 164 Å². The highest BCUT2D eigenvalue weighted by Gasteiger charge is 2.67. The van der Waals surface area contributed by atoms with Gasteiger partial charge in [0.2, 0.25) is 15.9 Å². The van der Waals surface area contributed by atoms with E-state index in [9.17, 15) is 39.6 Å². The molecule has 10 rings (SSSR count). The molecule has 1 saturated heterocycles. The van der Waals surface area contributed by atoms with Crippen molar-refractivity contribution in [1.29, 1.82) is 0 Å². The van der Waals surface area contributed by atoms with Gasteiger partial charge in [0.05, 0.1) is 55.0 Å². The lowest BCUT2D eigenvalue weighted by atomic mass is 9.79. The predicted octanol–water partition coefficient (Wildman–Crippen LogP) is 7.58. The first-order valence-corrected chi connectivity index (χ1v) is 23.7. The van der Waals surface area contributed by atoms with Gasteiger partial charge in [-0.05, 0) is 100 Å². The third kappa shape index (κ3) is 8.13. The lowest BCUT2D eigenvalue weighted by Crippen LogP contribution is -2.41. The van der Waals surface area contributed by atoms with Crippen LogP contribution in [0.4, 0.5) is 40.9 Å². The van der Waals surface area contributed by atoms with Gasteiger partial charge in [-0.3, -0.25) is 28.2 Å². The van der Waals surface area contributed by atoms with Crippen molar-refractivity contribution in [3.8, 4) is 5.69 Å². The summed E-state index contributed by atoms with van der Waals surface area (Å²) in [6.07, 6.45) is -6.35. The predicted molar refractivity (Wildman–Crippen MR) is 236 cm³/mol. The van der Waals surface area contributed by atoms with Crippen molar-refractivity contribution in [2.24, 2.45) is 5.92 Å². The zero-order chi connectivity index (χ0) is 49.4. The first-order chi connectivity index (χ1) is 32.3. The van der Waals surface area contributed by atoms with E-state index < -0.39 is 136 Å². The first kappa shape index (κ1) is 47.1. The molecular weight excluding hydrogens is 967 g/mol. The highest BCUT2D eigenvalue weighted by molar-refractivity contribution is 7.93. The van der Waals surface area contributed by atoms with Crippen LogP contribution in [0.3, 0.4) is 0 Å². The normalized spacial score (nSPS) is 20.5. The van der Waals surface area contributed by atoms with Gasteiger partial charge in [0.1, 0.15) is 41.9 Å². The number of nitrogens with zero attached hydrogens (tertiary/aromatic N) is 6. The average molecular weight is 1010 g/mol. The molecule has 0 spiro atoms. The van der Waals surface area contributed by atoms with Crippen LogP contribution in [0, 0.1) is 17.6 Å². The molecule has 2 saturated carbocycles. The second-order valence-corrected chi connectivity index (χ2v) is 21.2. The van der Waals surface area contributed by atoms with Gasteiger partial charge in [-0.25, -0.2) is 39.7 Å². The highest BCUT2D eigenvalue weighted by atomic mass is 35.5. The fourth-order valence-electron chi connectivity index (χ4n) is 9.31. The molecule has 25 heteroatoms. The number of sulfonamides is 1. The van der Waals surface area contributed by atoms with E-state index >= 15 is 13.6 Å². The quantitative estimate of drug-likeness (QED) is 0.0828. The van der Waals surface area contributed by atoms with Crippen molar-refractivity contribution in [3.05, 3.63) is 104 Å². The Bertz CT molecular complexity index is 3270. The van der Waals surface area contributed by atoms with Gasteiger partial charge in [-0.2, -0.15) is 19.0 Å². The van der Waals surface area contributed by atoms with Crippen LogP contribution < -0.4 is 21.1 Å². The summed E-state index contributed by atoms with van der Waals surface area (Å²) in [7, 11) is -5.09. The number of rotatable bonds is 14. The van der Waals surface area contributed by atoms with Gasteiger partial charge < -0.3 is 14.6 Å². The summed E-state index contributed by atoms with van der Waals surface area (Å²) in [5.41, 5.74) is -5.02. The van der Waals surface area contributed by atoms with E-state index in [-0.39, 0.29) is 50.1 Å². The number of halogens is 9. The van der Waals surface area contributed by atoms with Crippen molar-refractivity contribution < 1.29 is 57.6 Å². The van der Waals surface area contributed by atoms with E-state index in [1.54, 1.807) is 0 Å². The molecule has 14 nitrogen and oxygen atoms in total. The van der Waals surface area contributed by atoms with Gasteiger partial charge in [-0.15, -0.1) is 0 Å². The minimum absolute atomic E-state index is 0.0483. The molecule has 0 unspecified atom stereocenters. The van der Waals surface area contributed by atoms with E-state index in [0.717, 1.165) is 21.4 Å². The number of aromatic nitrogens is 6. The van der Waals surface area contributed by atoms with Crippen molar-refractivity contribution in [2.75, 3.05) is 4.72 Å². The number of benzene rings is 3. The molecule has 3 aromatic carbocycles. The van der Waals surface area contributed by atoms with E-state index in [0.29, 0.717) is 29.1 Å². The monoisotopic (exact) mass is 1010 g/mol. The Hall–Kier alpha value is -5.59. The number of carbonyl (C=O) groups is 1. The van der Waals surface area contributed by atoms with Crippen molar-refractivity contribution in [3.63, 3.8) is 0 Å². The summed E-state index contributed by atoms with van der Waals surface area (Å²) < 4.78 is 162. The maximum absolute atomic E-state index is 15.6. The van der Waals surface area contributed by atoms with Crippen molar-refractivity contribution in [2.45, 2.75) is 114 Å². The molecule has 3 atom stereocenters. The SMILES string of the molecule is CC1(C)OB(c2ccc3c(=O)n(-c4ccc(Cl)c5c(NS(=O)(=O)C6CC6)nn(CC(F)F)c45)c([C@H](Cc4cc(F)cc(F)c4)NC(=O)Cn4nc(C(F)F)c5c4C(F)(F)[C@@H]4C[C@H]54)nc3c2)OC1(C)C. The average Bonchev–Trinajstić information content (AvgIpc) is 4.15. The Labute approximate surface area is 392 Å². The largest absolute Gasteiger partial charge is 0.494 e. The van der Waals surface area contributed by atoms with Crippen LogP contribution in [0.2, 0.25) is 5.02 Å². The number of anilines is 1. The third-order valence-corrected chi connectivity index (χ3v) is 15.6. The molecule has 0 radical (unpaired) electrons. The zero-order valence-corrected chi connectivity index (χ0v) is 38.4. The van der Waals surface area contributed by atoms with Gasteiger partial charge in [0.15, 0.2) is 5.82 Å². The van der Waals surface area contributed by atoms with E-state index in [1.807, 2.05) is 27.7 Å². The van der Waals surface area contributed by atoms with Gasteiger partial charge >= 0.3 is 7.12 Å². The Morgan fingerprint density at radius 1 is 0.957 bits per heavy atom. The van der Waals surface area contributed by atoms with Crippen LogP contribution in [0.5, 0.6) is 0 Å². The minimum Gasteiger partial charge on any atom is -0.399 e. The molecule has 3 fully saturated rings. The Kier molecular flexibility index (Phi) is 11.1. The molecule has 364 valence electrons. The third-order valence-electron chi connectivity index (χ3n) is 13.5. The fraction of sp³-hybridized carbons (Fsp3) is 0.432. The lowest BCUT2D eigenvalue weighted by Gasteiger charge is -2.32. The first-order valence-electron chi connectivity index (χ1n) is 21.8. The molecule has 6 aromatic rings. The summed E-state index contributed by atoms with van der Waals surface area (Å²) >= 11 is 6.69. The number of carbonyl (C=O) groups excluding carboxylic acids is 1. The second kappa shape index (κ2) is 16.2. The number of alkyl halides is 6. The molecule has 4 aliphatic rings. The second-order valence-electron chi connectivity index (χ2n) is 18.8. The molecule has 4 heterocycles. The smallest absolute Gasteiger partial charge is 0.399 e. The Morgan fingerprint density at radius 3 is 2.28 bits per heavy atom. The number of nitrogens with one attached hydrogen (secondary N) is 2. The minimum atomic E-state index is -4.10. The molecule has 3 aliphatic carbocycles. The Balaban J connectivity index is 1.19. The molecule has 1 amide bonds. The number of hydrogen-bond acceptors (Lipinski definition) is 9. The van der Waals surface area contributed by atoms with E-state index in [2.05, 4.69) is 20.2 Å². The molecule has 3 aromatic heterocycles. The summed E-state index contributed by atoms with van der Waals surface area (Å²) in [5.74, 6) is -9.87. The van der Waals surface area contributed by atoms with Crippen LogP contribution in [0.15, 0.2) is 53.3 Å². The maximum atomic E-state index is 15.6. The fourth-order valence-corrected chi connectivity index (χ4v) is 10.9. The van der Waals surface area contributed by atoms with Crippen LogP contribution >= 0.6 is 11.6 Å². The number of hydrogen-bond donors (Lipinski definition) is 2. The van der Waals surface area contributed by atoms with E-state index in [4.69, 9.17) is 25.9 Å². The zero-order valence-electron chi connectivity index (χ0n) is 36.8. The molecular formula is C44H40BClF8N8O6S. The lowest BCUT2D eigenvalue weighted by molar-refractivity contribution is -0.123. The summed E-state index contributed by atoms with van der Waals surface area (Å²) in [6, 6.07) is 7.58. The standard InChI is InChI=1S/C44H40BClF8N8O6S/c1-42(2)43(3,4)68-45(67-42)20-5-8-24-28(14-20)56-40(62(41(24)64)30-10-9-27(46)34-36(30)60(17-31(49)50)58-39(34)59-69(65,66)23-6-7-23)29(13-19-11-21(47)15-22(48)12-19)55-32(63)18-61-37-33(35(57-61)38(51)52)25-16-26(25)44(37,53)54/h5,8-12,14-15,23,25-26,29,31,38H,6-7,13,16-18H2,1-4H3,(H,55,63)(H,58,59)/t25-,26+,29-/m0/s1. The molecule has 69 heavy (non-hydrogen) atoms. The maximum Gasteiger partial charge on any atom is 0.494 e. The van der Waals surface area contributed by atoms with Gasteiger partial charge in [-0.1, -0.05) is 17.7 Å². The Morgan fingerprint density at radius 2 is 1.64 bits per heavy atom. The van der Waals surface area contributed by atoms with Crippen LogP contribution in [0.1, 0.15) is 93.7 Å². The van der Waals surface area contributed by atoms with Crippen LogP contribution in [-0.2, 0) is 49.6 Å². The van der Waals surface area contributed by atoms with Gasteiger partial charge in [0, 0.05) is 24.0 Å². The summed E-state index contributed by atoms with van der Waals surface area (Å²) in [6.45, 7) is 5.04. The molecule has 1 aliphatic heterocycles. The number of amides is 1.